The van der Waals surface area contributed by atoms with Crippen LogP contribution in [0.2, 0.25) is 0 Å². The lowest BCUT2D eigenvalue weighted by molar-refractivity contribution is 0.407. The smallest absolute Gasteiger partial charge is 0.128 e. The number of aromatic nitrogens is 1. The van der Waals surface area contributed by atoms with Crippen LogP contribution in [0.1, 0.15) is 25.7 Å². The van der Waals surface area contributed by atoms with E-state index in [0.717, 1.165) is 30.9 Å². The van der Waals surface area contributed by atoms with Gasteiger partial charge in [0.05, 0.1) is 0 Å². The second-order valence-electron chi connectivity index (χ2n) is 5.30. The maximum absolute atomic E-state index is 4.42. The van der Waals surface area contributed by atoms with Crippen molar-refractivity contribution in [1.82, 2.24) is 10.3 Å². The molecule has 2 heterocycles. The summed E-state index contributed by atoms with van der Waals surface area (Å²) in [5, 5.41) is 3.71. The van der Waals surface area contributed by atoms with Gasteiger partial charge in [-0.3, -0.25) is 0 Å². The Morgan fingerprint density at radius 1 is 1.18 bits per heavy atom. The summed E-state index contributed by atoms with van der Waals surface area (Å²) < 4.78 is 0. The van der Waals surface area contributed by atoms with E-state index in [1.165, 1.54) is 32.2 Å². The number of piperidine rings is 1. The van der Waals surface area contributed by atoms with Crippen molar-refractivity contribution in [1.29, 1.82) is 0 Å². The van der Waals surface area contributed by atoms with E-state index in [4.69, 9.17) is 0 Å². The van der Waals surface area contributed by atoms with Gasteiger partial charge in [0.15, 0.2) is 0 Å². The SMILES string of the molecule is c1ccc(N2CCC(NCC3CC3)CC2)nc1. The predicted octanol–water partition coefficient (Wildman–Crippen LogP) is 2.05. The van der Waals surface area contributed by atoms with Crippen LogP contribution in [0.25, 0.3) is 0 Å². The van der Waals surface area contributed by atoms with Crippen molar-refractivity contribution in [2.45, 2.75) is 31.7 Å². The Morgan fingerprint density at radius 2 is 2.00 bits per heavy atom. The van der Waals surface area contributed by atoms with Gasteiger partial charge in [-0.05, 0) is 50.3 Å². The van der Waals surface area contributed by atoms with E-state index in [2.05, 4.69) is 27.3 Å². The summed E-state index contributed by atoms with van der Waals surface area (Å²) in [6.45, 7) is 3.52. The molecule has 0 bridgehead atoms. The van der Waals surface area contributed by atoms with Crippen LogP contribution in [0.4, 0.5) is 5.82 Å². The van der Waals surface area contributed by atoms with Crippen molar-refractivity contribution in [2.24, 2.45) is 5.92 Å². The minimum absolute atomic E-state index is 0.732. The lowest BCUT2D eigenvalue weighted by atomic mass is 10.0. The van der Waals surface area contributed by atoms with Gasteiger partial charge in [0.2, 0.25) is 0 Å². The molecule has 0 amide bonds. The highest BCUT2D eigenvalue weighted by molar-refractivity contribution is 5.38. The fraction of sp³-hybridized carbons (Fsp3) is 0.643. The van der Waals surface area contributed by atoms with Gasteiger partial charge in [-0.15, -0.1) is 0 Å². The molecule has 92 valence electrons. The molecular weight excluding hydrogens is 210 g/mol. The standard InChI is InChI=1S/C14H21N3/c1-2-8-15-14(3-1)17-9-6-13(7-10-17)16-11-12-4-5-12/h1-3,8,12-13,16H,4-7,9-11H2. The highest BCUT2D eigenvalue weighted by Gasteiger charge is 2.24. The third-order valence-electron chi connectivity index (χ3n) is 3.86. The number of pyridine rings is 1. The summed E-state index contributed by atoms with van der Waals surface area (Å²) in [5.41, 5.74) is 0. The number of nitrogens with one attached hydrogen (secondary N) is 1. The van der Waals surface area contributed by atoms with Gasteiger partial charge in [-0.1, -0.05) is 6.07 Å². The molecule has 1 aliphatic carbocycles. The van der Waals surface area contributed by atoms with Crippen LogP contribution in [0.15, 0.2) is 24.4 Å². The van der Waals surface area contributed by atoms with E-state index in [-0.39, 0.29) is 0 Å². The Balaban J connectivity index is 1.46. The molecule has 0 aromatic carbocycles. The topological polar surface area (TPSA) is 28.2 Å². The molecule has 0 atom stereocenters. The van der Waals surface area contributed by atoms with Crippen LogP contribution in [0.3, 0.4) is 0 Å². The molecule has 1 aromatic heterocycles. The van der Waals surface area contributed by atoms with Crippen LogP contribution < -0.4 is 10.2 Å². The van der Waals surface area contributed by atoms with Crippen LogP contribution >= 0.6 is 0 Å². The maximum Gasteiger partial charge on any atom is 0.128 e. The molecule has 2 fully saturated rings. The number of hydrogen-bond donors (Lipinski definition) is 1. The lowest BCUT2D eigenvalue weighted by Crippen LogP contribution is -2.43. The summed E-state index contributed by atoms with van der Waals surface area (Å²) in [5.74, 6) is 2.12. The zero-order chi connectivity index (χ0) is 11.5. The molecule has 1 saturated carbocycles. The summed E-state index contributed by atoms with van der Waals surface area (Å²) >= 11 is 0. The zero-order valence-electron chi connectivity index (χ0n) is 10.3. The second kappa shape index (κ2) is 5.05. The monoisotopic (exact) mass is 231 g/mol. The summed E-state index contributed by atoms with van der Waals surface area (Å²) in [6.07, 6.45) is 7.28. The van der Waals surface area contributed by atoms with Gasteiger partial charge in [-0.2, -0.15) is 0 Å². The van der Waals surface area contributed by atoms with Gasteiger partial charge in [0.25, 0.3) is 0 Å². The first-order valence-corrected chi connectivity index (χ1v) is 6.81. The van der Waals surface area contributed by atoms with Gasteiger partial charge in [0, 0.05) is 25.3 Å². The summed E-state index contributed by atoms with van der Waals surface area (Å²) in [7, 11) is 0. The Morgan fingerprint density at radius 3 is 2.65 bits per heavy atom. The molecule has 3 rings (SSSR count). The van der Waals surface area contributed by atoms with Crippen LogP contribution in [0.5, 0.6) is 0 Å². The molecule has 0 radical (unpaired) electrons. The van der Waals surface area contributed by atoms with Crippen molar-refractivity contribution in [3.05, 3.63) is 24.4 Å². The number of hydrogen-bond acceptors (Lipinski definition) is 3. The number of rotatable bonds is 4. The van der Waals surface area contributed by atoms with Crippen LogP contribution in [-0.2, 0) is 0 Å². The quantitative estimate of drug-likeness (QED) is 0.859. The van der Waals surface area contributed by atoms with E-state index < -0.39 is 0 Å². The van der Waals surface area contributed by atoms with Gasteiger partial charge >= 0.3 is 0 Å². The second-order valence-corrected chi connectivity index (χ2v) is 5.30. The van der Waals surface area contributed by atoms with Crippen LogP contribution in [-0.4, -0.2) is 30.7 Å². The minimum Gasteiger partial charge on any atom is -0.357 e. The highest BCUT2D eigenvalue weighted by Crippen LogP contribution is 2.28. The zero-order valence-corrected chi connectivity index (χ0v) is 10.3. The molecule has 3 nitrogen and oxygen atoms in total. The molecule has 1 N–H and O–H groups in total. The number of nitrogens with zero attached hydrogens (tertiary/aromatic N) is 2. The van der Waals surface area contributed by atoms with E-state index >= 15 is 0 Å². The van der Waals surface area contributed by atoms with Crippen molar-refractivity contribution < 1.29 is 0 Å². The fourth-order valence-electron chi connectivity index (χ4n) is 2.51. The predicted molar refractivity (Wildman–Crippen MR) is 70.2 cm³/mol. The van der Waals surface area contributed by atoms with E-state index in [1.54, 1.807) is 0 Å². The molecule has 0 unspecified atom stereocenters. The molecule has 1 saturated heterocycles. The summed E-state index contributed by atoms with van der Waals surface area (Å²) in [4.78, 5) is 6.82. The highest BCUT2D eigenvalue weighted by atomic mass is 15.2. The van der Waals surface area contributed by atoms with Gasteiger partial charge < -0.3 is 10.2 Å². The molecule has 1 aliphatic heterocycles. The fourth-order valence-corrected chi connectivity index (χ4v) is 2.51. The Labute approximate surface area is 103 Å². The molecule has 0 spiro atoms. The van der Waals surface area contributed by atoms with E-state index in [9.17, 15) is 0 Å². The lowest BCUT2D eigenvalue weighted by Gasteiger charge is -2.33. The van der Waals surface area contributed by atoms with Gasteiger partial charge in [-0.25, -0.2) is 4.98 Å². The third-order valence-corrected chi connectivity index (χ3v) is 3.86. The Kier molecular flexibility index (Phi) is 3.27. The first-order chi connectivity index (χ1) is 8.42. The molecule has 2 aliphatic rings. The van der Waals surface area contributed by atoms with Crippen LogP contribution in [0, 0.1) is 5.92 Å². The minimum atomic E-state index is 0.732. The van der Waals surface area contributed by atoms with E-state index in [1.807, 2.05) is 12.3 Å². The van der Waals surface area contributed by atoms with Gasteiger partial charge in [0.1, 0.15) is 5.82 Å². The summed E-state index contributed by atoms with van der Waals surface area (Å²) in [6, 6.07) is 6.89. The molecule has 17 heavy (non-hydrogen) atoms. The molecule has 1 aromatic rings. The molecule has 3 heteroatoms. The Hall–Kier alpha value is -1.09. The third kappa shape index (κ3) is 2.97. The largest absolute Gasteiger partial charge is 0.357 e. The Bertz CT molecular complexity index is 340. The van der Waals surface area contributed by atoms with Crippen molar-refractivity contribution >= 4 is 5.82 Å². The first-order valence-electron chi connectivity index (χ1n) is 6.81. The number of anilines is 1. The maximum atomic E-state index is 4.42. The van der Waals surface area contributed by atoms with Crippen molar-refractivity contribution in [2.75, 3.05) is 24.5 Å². The van der Waals surface area contributed by atoms with Crippen molar-refractivity contribution in [3.8, 4) is 0 Å². The average Bonchev–Trinajstić information content (AvgIpc) is 3.22. The normalized spacial score (nSPS) is 21.8. The first kappa shape index (κ1) is 11.0. The van der Waals surface area contributed by atoms with E-state index in [0.29, 0.717) is 0 Å². The van der Waals surface area contributed by atoms with Crippen molar-refractivity contribution in [3.63, 3.8) is 0 Å². The average molecular weight is 231 g/mol. The molecular formula is C14H21N3.